The van der Waals surface area contributed by atoms with E-state index < -0.39 is 0 Å². The average molecular weight is 372 g/mol. The van der Waals surface area contributed by atoms with Gasteiger partial charge in [-0.2, -0.15) is 0 Å². The highest BCUT2D eigenvalue weighted by Gasteiger charge is 2.39. The minimum atomic E-state index is -0.0580. The lowest BCUT2D eigenvalue weighted by Gasteiger charge is -2.26. The maximum absolute atomic E-state index is 12.8. The number of amides is 1. The van der Waals surface area contributed by atoms with Crippen LogP contribution in [0.2, 0.25) is 0 Å². The van der Waals surface area contributed by atoms with Crippen LogP contribution < -0.4 is 9.47 Å². The van der Waals surface area contributed by atoms with E-state index in [1.165, 1.54) is 0 Å². The second-order valence-corrected chi connectivity index (χ2v) is 7.57. The van der Waals surface area contributed by atoms with Crippen LogP contribution in [0.5, 0.6) is 11.5 Å². The Kier molecular flexibility index (Phi) is 6.09. The monoisotopic (exact) mass is 371 g/mol. The van der Waals surface area contributed by atoms with Gasteiger partial charge in [0.25, 0.3) is 0 Å². The number of thioether (sulfide) groups is 1. The second kappa shape index (κ2) is 8.49. The first-order valence-corrected chi connectivity index (χ1v) is 9.97. The molecular weight excluding hydrogens is 346 g/mol. The van der Waals surface area contributed by atoms with Crippen molar-refractivity contribution < 1.29 is 14.3 Å². The lowest BCUT2D eigenvalue weighted by Crippen LogP contribution is -2.30. The van der Waals surface area contributed by atoms with Gasteiger partial charge in [-0.25, -0.2) is 0 Å². The number of ether oxygens (including phenoxy) is 2. The van der Waals surface area contributed by atoms with E-state index in [0.29, 0.717) is 19.8 Å². The summed E-state index contributed by atoms with van der Waals surface area (Å²) in [6, 6.07) is 16.0. The summed E-state index contributed by atoms with van der Waals surface area (Å²) in [6.45, 7) is 7.75. The van der Waals surface area contributed by atoms with Gasteiger partial charge in [0.1, 0.15) is 16.9 Å². The molecule has 26 heavy (non-hydrogen) atoms. The van der Waals surface area contributed by atoms with Gasteiger partial charge in [-0.1, -0.05) is 30.3 Å². The molecule has 0 radical (unpaired) electrons. The molecule has 1 fully saturated rings. The topological polar surface area (TPSA) is 38.8 Å². The van der Waals surface area contributed by atoms with Crippen molar-refractivity contribution in [1.82, 2.24) is 4.90 Å². The molecule has 0 spiro atoms. The third-order valence-electron chi connectivity index (χ3n) is 4.32. The predicted octanol–water partition coefficient (Wildman–Crippen LogP) is 4.65. The molecule has 5 heteroatoms. The van der Waals surface area contributed by atoms with Crippen LogP contribution in [0.15, 0.2) is 48.5 Å². The van der Waals surface area contributed by atoms with Crippen LogP contribution in [0.3, 0.4) is 0 Å². The molecule has 3 rings (SSSR count). The zero-order chi connectivity index (χ0) is 18.5. The number of benzene rings is 2. The van der Waals surface area contributed by atoms with E-state index in [9.17, 15) is 4.79 Å². The summed E-state index contributed by atoms with van der Waals surface area (Å²) >= 11 is 1.68. The van der Waals surface area contributed by atoms with Crippen LogP contribution in [-0.2, 0) is 11.3 Å². The van der Waals surface area contributed by atoms with Gasteiger partial charge in [0.2, 0.25) is 5.91 Å². The zero-order valence-corrected chi connectivity index (χ0v) is 16.3. The van der Waals surface area contributed by atoms with Gasteiger partial charge in [0, 0.05) is 12.1 Å². The summed E-state index contributed by atoms with van der Waals surface area (Å²) in [4.78, 5) is 14.7. The van der Waals surface area contributed by atoms with E-state index in [2.05, 4.69) is 6.07 Å². The Hall–Kier alpha value is -2.14. The maximum Gasteiger partial charge on any atom is 0.236 e. The number of rotatable bonds is 7. The minimum Gasteiger partial charge on any atom is -0.494 e. The molecule has 1 heterocycles. The Morgan fingerprint density at radius 3 is 2.38 bits per heavy atom. The first-order valence-electron chi connectivity index (χ1n) is 9.03. The fraction of sp³-hybridized carbons (Fsp3) is 0.381. The molecule has 0 N–H and O–H groups in total. The van der Waals surface area contributed by atoms with Gasteiger partial charge in [0.05, 0.1) is 18.5 Å². The fourth-order valence-corrected chi connectivity index (χ4v) is 4.41. The van der Waals surface area contributed by atoms with Gasteiger partial charge in [0.15, 0.2) is 0 Å². The summed E-state index contributed by atoms with van der Waals surface area (Å²) in [5.74, 6) is 1.87. The van der Waals surface area contributed by atoms with Crippen LogP contribution >= 0.6 is 11.8 Å². The van der Waals surface area contributed by atoms with Crippen molar-refractivity contribution in [2.75, 3.05) is 13.2 Å². The van der Waals surface area contributed by atoms with E-state index in [4.69, 9.17) is 9.47 Å². The van der Waals surface area contributed by atoms with Crippen LogP contribution in [0.25, 0.3) is 0 Å². The van der Waals surface area contributed by atoms with Crippen LogP contribution in [-0.4, -0.2) is 29.3 Å². The molecule has 138 valence electrons. The number of para-hydroxylation sites is 1. The Balaban J connectivity index is 1.85. The molecule has 2 atom stereocenters. The lowest BCUT2D eigenvalue weighted by atomic mass is 10.1. The molecule has 0 aliphatic carbocycles. The van der Waals surface area contributed by atoms with Crippen molar-refractivity contribution in [3.8, 4) is 11.5 Å². The fourth-order valence-electron chi connectivity index (χ4n) is 3.10. The molecule has 1 aliphatic heterocycles. The van der Waals surface area contributed by atoms with Crippen LogP contribution in [0, 0.1) is 0 Å². The van der Waals surface area contributed by atoms with Gasteiger partial charge < -0.3 is 14.4 Å². The molecule has 2 aromatic rings. The van der Waals surface area contributed by atoms with Gasteiger partial charge in [-0.3, -0.25) is 4.79 Å². The highest BCUT2D eigenvalue weighted by molar-refractivity contribution is 8.01. The summed E-state index contributed by atoms with van der Waals surface area (Å²) in [7, 11) is 0. The van der Waals surface area contributed by atoms with Crippen LogP contribution in [0.4, 0.5) is 0 Å². The number of carbonyl (C=O) groups is 1. The largest absolute Gasteiger partial charge is 0.494 e. The number of hydrogen-bond donors (Lipinski definition) is 0. The first-order chi connectivity index (χ1) is 12.6. The first kappa shape index (κ1) is 18.6. The average Bonchev–Trinajstić information content (AvgIpc) is 2.92. The van der Waals surface area contributed by atoms with Gasteiger partial charge in [-0.15, -0.1) is 11.8 Å². The SMILES string of the molecule is CCOc1ccc(CN2C(=O)C(C)SC2c2ccccc2OCC)cc1. The summed E-state index contributed by atoms with van der Waals surface area (Å²) in [5.41, 5.74) is 2.15. The van der Waals surface area contributed by atoms with Crippen molar-refractivity contribution in [3.05, 3.63) is 59.7 Å². The molecule has 0 saturated carbocycles. The molecule has 1 aliphatic rings. The number of nitrogens with zero attached hydrogens (tertiary/aromatic N) is 1. The predicted molar refractivity (Wildman–Crippen MR) is 106 cm³/mol. The van der Waals surface area contributed by atoms with Crippen LogP contribution in [0.1, 0.15) is 37.3 Å². The Morgan fingerprint density at radius 2 is 1.69 bits per heavy atom. The summed E-state index contributed by atoms with van der Waals surface area (Å²) in [5, 5.41) is -0.0933. The summed E-state index contributed by atoms with van der Waals surface area (Å²) in [6.07, 6.45) is 0. The Morgan fingerprint density at radius 1 is 1.00 bits per heavy atom. The van der Waals surface area contributed by atoms with Gasteiger partial charge >= 0.3 is 0 Å². The molecule has 4 nitrogen and oxygen atoms in total. The lowest BCUT2D eigenvalue weighted by molar-refractivity contribution is -0.130. The highest BCUT2D eigenvalue weighted by Crippen LogP contribution is 2.46. The molecule has 1 amide bonds. The second-order valence-electron chi connectivity index (χ2n) is 6.14. The van der Waals surface area contributed by atoms with Crippen molar-refractivity contribution in [3.63, 3.8) is 0 Å². The zero-order valence-electron chi connectivity index (χ0n) is 15.5. The van der Waals surface area contributed by atoms with E-state index in [0.717, 1.165) is 22.6 Å². The Bertz CT molecular complexity index is 747. The minimum absolute atomic E-state index is 0.0354. The van der Waals surface area contributed by atoms with E-state index in [1.807, 2.05) is 68.1 Å². The van der Waals surface area contributed by atoms with Crippen molar-refractivity contribution >= 4 is 17.7 Å². The van der Waals surface area contributed by atoms with Gasteiger partial charge in [-0.05, 0) is 44.5 Å². The van der Waals surface area contributed by atoms with E-state index in [-0.39, 0.29) is 16.5 Å². The third-order valence-corrected chi connectivity index (χ3v) is 5.70. The third kappa shape index (κ3) is 3.98. The van der Waals surface area contributed by atoms with E-state index in [1.54, 1.807) is 11.8 Å². The van der Waals surface area contributed by atoms with Crippen molar-refractivity contribution in [2.24, 2.45) is 0 Å². The Labute approximate surface area is 159 Å². The summed E-state index contributed by atoms with van der Waals surface area (Å²) < 4.78 is 11.3. The molecule has 1 saturated heterocycles. The molecule has 0 bridgehead atoms. The number of carbonyl (C=O) groups excluding carboxylic acids is 1. The number of hydrogen-bond acceptors (Lipinski definition) is 4. The van der Waals surface area contributed by atoms with Crippen molar-refractivity contribution in [1.29, 1.82) is 0 Å². The van der Waals surface area contributed by atoms with Crippen molar-refractivity contribution in [2.45, 2.75) is 37.9 Å². The highest BCUT2D eigenvalue weighted by atomic mass is 32.2. The molecule has 2 aromatic carbocycles. The molecule has 2 unspecified atom stereocenters. The normalized spacial score (nSPS) is 19.7. The van der Waals surface area contributed by atoms with E-state index >= 15 is 0 Å². The maximum atomic E-state index is 12.8. The molecular formula is C21H25NO3S. The molecule has 0 aromatic heterocycles. The smallest absolute Gasteiger partial charge is 0.236 e. The standard InChI is InChI=1S/C21H25NO3S/c1-4-24-17-12-10-16(11-13-17)14-22-20(23)15(3)26-21(22)18-8-6-7-9-19(18)25-5-2/h6-13,15,21H,4-5,14H2,1-3H3. The quantitative estimate of drug-likeness (QED) is 0.710.